The van der Waals surface area contributed by atoms with E-state index in [-0.39, 0.29) is 18.0 Å². The molecule has 0 unspecified atom stereocenters. The number of piperidine rings is 1. The summed E-state index contributed by atoms with van der Waals surface area (Å²) in [5.41, 5.74) is 6.57. The first-order valence-electron chi connectivity index (χ1n) is 7.79. The second-order valence-corrected chi connectivity index (χ2v) is 5.93. The van der Waals surface area contributed by atoms with Crippen molar-refractivity contribution in [3.8, 4) is 0 Å². The van der Waals surface area contributed by atoms with Gasteiger partial charge in [-0.2, -0.15) is 0 Å². The van der Waals surface area contributed by atoms with E-state index in [0.29, 0.717) is 13.1 Å². The Kier molecular flexibility index (Phi) is 4.29. The zero-order valence-corrected chi connectivity index (χ0v) is 12.6. The van der Waals surface area contributed by atoms with Crippen molar-refractivity contribution in [3.63, 3.8) is 0 Å². The van der Waals surface area contributed by atoms with Gasteiger partial charge in [-0.25, -0.2) is 4.79 Å². The van der Waals surface area contributed by atoms with E-state index in [1.165, 1.54) is 0 Å². The monoisotopic (exact) mass is 302 g/mol. The van der Waals surface area contributed by atoms with Gasteiger partial charge in [0.2, 0.25) is 5.91 Å². The number of nitrogens with two attached hydrogens (primary N) is 1. The molecule has 6 heteroatoms. The summed E-state index contributed by atoms with van der Waals surface area (Å²) in [7, 11) is 0. The fraction of sp³-hybridized carbons (Fsp3) is 0.500. The van der Waals surface area contributed by atoms with Gasteiger partial charge in [-0.05, 0) is 24.9 Å². The van der Waals surface area contributed by atoms with Crippen LogP contribution in [0.15, 0.2) is 30.3 Å². The molecule has 22 heavy (non-hydrogen) atoms. The molecule has 0 aliphatic carbocycles. The molecule has 0 radical (unpaired) electrons. The van der Waals surface area contributed by atoms with Crippen molar-refractivity contribution in [1.82, 2.24) is 15.1 Å². The zero-order valence-electron chi connectivity index (χ0n) is 12.6. The maximum absolute atomic E-state index is 12.0. The van der Waals surface area contributed by atoms with Crippen LogP contribution >= 0.6 is 0 Å². The number of nitrogens with one attached hydrogen (secondary N) is 1. The molecule has 1 aromatic rings. The second kappa shape index (κ2) is 6.36. The summed E-state index contributed by atoms with van der Waals surface area (Å²) in [4.78, 5) is 27.8. The van der Waals surface area contributed by atoms with Crippen molar-refractivity contribution in [3.05, 3.63) is 35.9 Å². The Morgan fingerprint density at radius 2 is 2.05 bits per heavy atom. The van der Waals surface area contributed by atoms with E-state index < -0.39 is 6.04 Å². The second-order valence-electron chi connectivity index (χ2n) is 5.93. The van der Waals surface area contributed by atoms with E-state index in [4.69, 9.17) is 5.73 Å². The van der Waals surface area contributed by atoms with Crippen molar-refractivity contribution >= 4 is 11.9 Å². The third-order valence-electron chi connectivity index (χ3n) is 4.51. The van der Waals surface area contributed by atoms with Gasteiger partial charge in [0.25, 0.3) is 0 Å². The summed E-state index contributed by atoms with van der Waals surface area (Å²) < 4.78 is 0. The fourth-order valence-electron chi connectivity index (χ4n) is 3.50. The Hall–Kier alpha value is -2.08. The number of carbonyl (C=O) groups excluding carboxylic acids is 2. The predicted octanol–water partition coefficient (Wildman–Crippen LogP) is 0.703. The van der Waals surface area contributed by atoms with Crippen LogP contribution in [0.4, 0.5) is 4.79 Å². The van der Waals surface area contributed by atoms with E-state index in [0.717, 1.165) is 31.5 Å². The third-order valence-corrected chi connectivity index (χ3v) is 4.51. The van der Waals surface area contributed by atoms with Gasteiger partial charge in [-0.15, -0.1) is 0 Å². The van der Waals surface area contributed by atoms with Crippen LogP contribution in [0.5, 0.6) is 0 Å². The molecule has 1 aromatic carbocycles. The van der Waals surface area contributed by atoms with Gasteiger partial charge in [-0.1, -0.05) is 30.3 Å². The summed E-state index contributed by atoms with van der Waals surface area (Å²) in [6.45, 7) is 2.96. The summed E-state index contributed by atoms with van der Waals surface area (Å²) >= 11 is 0. The fourth-order valence-corrected chi connectivity index (χ4v) is 3.50. The highest BCUT2D eigenvalue weighted by molar-refractivity contribution is 5.81. The lowest BCUT2D eigenvalue weighted by molar-refractivity contribution is -0.124. The molecule has 2 aliphatic heterocycles. The van der Waals surface area contributed by atoms with E-state index >= 15 is 0 Å². The molecular formula is C16H22N4O2. The average molecular weight is 302 g/mol. The van der Waals surface area contributed by atoms with E-state index in [9.17, 15) is 9.59 Å². The number of hydrogen-bond donors (Lipinski definition) is 2. The zero-order chi connectivity index (χ0) is 15.5. The molecule has 2 fully saturated rings. The molecule has 0 spiro atoms. The molecule has 3 rings (SSSR count). The summed E-state index contributed by atoms with van der Waals surface area (Å²) in [6, 6.07) is 9.36. The van der Waals surface area contributed by atoms with Crippen LogP contribution in [-0.4, -0.2) is 54.0 Å². The predicted molar refractivity (Wildman–Crippen MR) is 83.1 cm³/mol. The minimum absolute atomic E-state index is 0.00202. The Morgan fingerprint density at radius 3 is 2.68 bits per heavy atom. The Morgan fingerprint density at radius 1 is 1.27 bits per heavy atom. The molecule has 2 atom stereocenters. The molecular weight excluding hydrogens is 280 g/mol. The van der Waals surface area contributed by atoms with Crippen molar-refractivity contribution < 1.29 is 9.59 Å². The van der Waals surface area contributed by atoms with E-state index in [1.807, 2.05) is 35.2 Å². The number of benzene rings is 1. The first-order chi connectivity index (χ1) is 10.7. The van der Waals surface area contributed by atoms with Gasteiger partial charge in [0.1, 0.15) is 6.04 Å². The number of likely N-dealkylation sites (tertiary alicyclic amines) is 1. The highest BCUT2D eigenvalue weighted by Gasteiger charge is 2.35. The minimum atomic E-state index is -0.422. The number of amides is 3. The smallest absolute Gasteiger partial charge is 0.317 e. The average Bonchev–Trinajstić information content (AvgIpc) is 2.95. The Balaban J connectivity index is 1.77. The summed E-state index contributed by atoms with van der Waals surface area (Å²) in [5, 5.41) is 2.84. The number of primary amides is 1. The maximum Gasteiger partial charge on any atom is 0.317 e. The SMILES string of the molecule is NC(=O)[C@H](c1ccccc1)N1CCC[C@H](N2CCNC2=O)C1. The van der Waals surface area contributed by atoms with Gasteiger partial charge in [0.05, 0.1) is 0 Å². The first-order valence-corrected chi connectivity index (χ1v) is 7.79. The number of rotatable bonds is 4. The van der Waals surface area contributed by atoms with Crippen LogP contribution in [0.1, 0.15) is 24.4 Å². The van der Waals surface area contributed by atoms with Crippen molar-refractivity contribution in [2.75, 3.05) is 26.2 Å². The molecule has 2 saturated heterocycles. The lowest BCUT2D eigenvalue weighted by atomic mass is 9.98. The highest BCUT2D eigenvalue weighted by atomic mass is 16.2. The molecule has 2 heterocycles. The standard InChI is InChI=1S/C16H22N4O2/c17-15(21)14(12-5-2-1-3-6-12)19-9-4-7-13(11-19)20-10-8-18-16(20)22/h1-3,5-6,13-14H,4,7-11H2,(H2,17,21)(H,18,22)/t13-,14-/m0/s1. The number of carbonyl (C=O) groups is 2. The number of nitrogens with zero attached hydrogens (tertiary/aromatic N) is 2. The molecule has 3 N–H and O–H groups in total. The van der Waals surface area contributed by atoms with Gasteiger partial charge in [0, 0.05) is 25.7 Å². The molecule has 118 valence electrons. The molecule has 0 bridgehead atoms. The Bertz CT molecular complexity index is 548. The molecule has 0 saturated carbocycles. The lowest BCUT2D eigenvalue weighted by Crippen LogP contribution is -2.51. The van der Waals surface area contributed by atoms with Crippen LogP contribution in [-0.2, 0) is 4.79 Å². The third kappa shape index (κ3) is 2.92. The van der Waals surface area contributed by atoms with Crippen LogP contribution in [0.2, 0.25) is 0 Å². The Labute approximate surface area is 130 Å². The molecule has 3 amide bonds. The van der Waals surface area contributed by atoms with Gasteiger partial charge in [0.15, 0.2) is 0 Å². The van der Waals surface area contributed by atoms with E-state index in [1.54, 1.807) is 0 Å². The quantitative estimate of drug-likeness (QED) is 0.859. The van der Waals surface area contributed by atoms with Gasteiger partial charge in [-0.3, -0.25) is 9.69 Å². The van der Waals surface area contributed by atoms with Crippen molar-refractivity contribution in [2.24, 2.45) is 5.73 Å². The van der Waals surface area contributed by atoms with E-state index in [2.05, 4.69) is 10.2 Å². The molecule has 0 aromatic heterocycles. The minimum Gasteiger partial charge on any atom is -0.368 e. The molecule has 6 nitrogen and oxygen atoms in total. The van der Waals surface area contributed by atoms with Crippen LogP contribution in [0.3, 0.4) is 0 Å². The summed E-state index contributed by atoms with van der Waals surface area (Å²) in [6.07, 6.45) is 1.94. The van der Waals surface area contributed by atoms with Crippen LogP contribution in [0, 0.1) is 0 Å². The normalized spacial score (nSPS) is 24.1. The largest absolute Gasteiger partial charge is 0.368 e. The maximum atomic E-state index is 12.0. The van der Waals surface area contributed by atoms with Crippen molar-refractivity contribution in [1.29, 1.82) is 0 Å². The van der Waals surface area contributed by atoms with Crippen LogP contribution in [0.25, 0.3) is 0 Å². The highest BCUT2D eigenvalue weighted by Crippen LogP contribution is 2.26. The molecule has 2 aliphatic rings. The number of urea groups is 1. The van der Waals surface area contributed by atoms with Gasteiger partial charge >= 0.3 is 6.03 Å². The summed E-state index contributed by atoms with van der Waals surface area (Å²) in [5.74, 6) is -0.335. The topological polar surface area (TPSA) is 78.7 Å². The lowest BCUT2D eigenvalue weighted by Gasteiger charge is -2.40. The van der Waals surface area contributed by atoms with Crippen LogP contribution < -0.4 is 11.1 Å². The first kappa shape index (κ1) is 14.8. The number of hydrogen-bond acceptors (Lipinski definition) is 3. The van der Waals surface area contributed by atoms with Gasteiger partial charge < -0.3 is 16.0 Å². The van der Waals surface area contributed by atoms with Crippen molar-refractivity contribution in [2.45, 2.75) is 24.9 Å².